The molecule has 0 unspecified atom stereocenters. The molecule has 2 heteroatoms. The monoisotopic (exact) mass is 751 g/mol. The number of nitrogens with zero attached hydrogens (tertiary/aromatic N) is 1. The van der Waals surface area contributed by atoms with E-state index in [4.69, 9.17) is 4.42 Å². The molecule has 0 atom stereocenters. The Bertz CT molecular complexity index is 3440. The van der Waals surface area contributed by atoms with E-state index in [1.54, 1.807) is 0 Å². The standard InChI is InChI=1S/C57H37NO/c1-36-28-31-48-45-24-13-14-27-51(45)59-57(48)56(36)58(43-23-15-22-40(32-43)37-16-5-2-6-17-37)44-30-29-41-34-49-50(35-42(41)33-44)55-53(39-20-9-4-10-21-39)47-26-12-11-25-46(47)52(54(49)55)38-18-7-3-8-19-38/h2-35H,1H3. The Morgan fingerprint density at radius 3 is 1.56 bits per heavy atom. The Morgan fingerprint density at radius 2 is 0.898 bits per heavy atom. The minimum absolute atomic E-state index is 0.885. The van der Waals surface area contributed by atoms with E-state index >= 15 is 0 Å². The zero-order chi connectivity index (χ0) is 39.0. The van der Waals surface area contributed by atoms with Crippen LogP contribution >= 0.6 is 0 Å². The number of anilines is 3. The van der Waals surface area contributed by atoms with Crippen LogP contribution in [0.5, 0.6) is 0 Å². The molecule has 0 spiro atoms. The fourth-order valence-corrected chi connectivity index (χ4v) is 9.58. The van der Waals surface area contributed by atoms with Crippen LogP contribution in [-0.4, -0.2) is 0 Å². The maximum absolute atomic E-state index is 6.77. The van der Waals surface area contributed by atoms with Crippen LogP contribution in [-0.2, 0) is 0 Å². The fraction of sp³-hybridized carbons (Fsp3) is 0.0175. The van der Waals surface area contributed by atoms with Crippen molar-refractivity contribution in [2.24, 2.45) is 0 Å². The highest BCUT2D eigenvalue weighted by molar-refractivity contribution is 6.26. The minimum Gasteiger partial charge on any atom is -0.454 e. The quantitative estimate of drug-likeness (QED) is 0.168. The van der Waals surface area contributed by atoms with Gasteiger partial charge in [0.15, 0.2) is 5.58 Å². The second-order valence-electron chi connectivity index (χ2n) is 15.7. The van der Waals surface area contributed by atoms with Crippen LogP contribution in [0.1, 0.15) is 5.56 Å². The molecule has 1 heterocycles. The number of para-hydroxylation sites is 1. The second kappa shape index (κ2) is 13.2. The molecule has 2 nitrogen and oxygen atoms in total. The normalized spacial score (nSPS) is 11.8. The summed E-state index contributed by atoms with van der Waals surface area (Å²) in [5.74, 6) is 0. The lowest BCUT2D eigenvalue weighted by Gasteiger charge is -2.33. The van der Waals surface area contributed by atoms with Crippen molar-refractivity contribution in [3.63, 3.8) is 0 Å². The van der Waals surface area contributed by atoms with Gasteiger partial charge in [-0.3, -0.25) is 0 Å². The molecular formula is C57H37NO. The molecule has 276 valence electrons. The van der Waals surface area contributed by atoms with Gasteiger partial charge in [0.25, 0.3) is 0 Å². The van der Waals surface area contributed by atoms with Gasteiger partial charge in [-0.05, 0) is 132 Å². The number of aryl methyl sites for hydroxylation is 1. The third kappa shape index (κ3) is 5.20. The first-order valence-corrected chi connectivity index (χ1v) is 20.3. The van der Waals surface area contributed by atoms with Gasteiger partial charge >= 0.3 is 0 Å². The molecule has 0 saturated carbocycles. The first-order chi connectivity index (χ1) is 29.2. The smallest absolute Gasteiger partial charge is 0.159 e. The molecule has 0 fully saturated rings. The summed E-state index contributed by atoms with van der Waals surface area (Å²) in [5.41, 5.74) is 18.8. The average molecular weight is 752 g/mol. The van der Waals surface area contributed by atoms with Crippen molar-refractivity contribution in [3.05, 3.63) is 212 Å². The van der Waals surface area contributed by atoms with Crippen molar-refractivity contribution in [2.45, 2.75) is 6.92 Å². The van der Waals surface area contributed by atoms with Crippen LogP contribution in [0.3, 0.4) is 0 Å². The molecular weight excluding hydrogens is 715 g/mol. The van der Waals surface area contributed by atoms with Gasteiger partial charge in [0.05, 0.1) is 5.69 Å². The Kier molecular flexibility index (Phi) is 7.48. The molecule has 12 rings (SSSR count). The van der Waals surface area contributed by atoms with E-state index in [-0.39, 0.29) is 0 Å². The zero-order valence-electron chi connectivity index (χ0n) is 32.5. The van der Waals surface area contributed by atoms with Crippen molar-refractivity contribution < 1.29 is 4.42 Å². The van der Waals surface area contributed by atoms with Crippen LogP contribution in [0.2, 0.25) is 0 Å². The lowest BCUT2D eigenvalue weighted by Crippen LogP contribution is -2.12. The number of rotatable bonds is 6. The molecule has 0 radical (unpaired) electrons. The first-order valence-electron chi connectivity index (χ1n) is 20.3. The second-order valence-corrected chi connectivity index (χ2v) is 15.7. The summed E-state index contributed by atoms with van der Waals surface area (Å²) in [6.45, 7) is 2.19. The highest BCUT2D eigenvalue weighted by atomic mass is 16.3. The number of furan rings is 1. The van der Waals surface area contributed by atoms with E-state index in [1.165, 1.54) is 71.6 Å². The molecule has 59 heavy (non-hydrogen) atoms. The minimum atomic E-state index is 0.885. The van der Waals surface area contributed by atoms with E-state index in [0.717, 1.165) is 50.1 Å². The van der Waals surface area contributed by atoms with Crippen molar-refractivity contribution >= 4 is 60.5 Å². The number of hydrogen-bond acceptors (Lipinski definition) is 2. The summed E-state index contributed by atoms with van der Waals surface area (Å²) < 4.78 is 6.77. The number of benzene rings is 10. The van der Waals surface area contributed by atoms with Crippen molar-refractivity contribution in [3.8, 4) is 55.6 Å². The van der Waals surface area contributed by atoms with Gasteiger partial charge in [0.2, 0.25) is 0 Å². The summed E-state index contributed by atoms with van der Waals surface area (Å²) in [6, 6.07) is 74.8. The lowest BCUT2D eigenvalue weighted by atomic mass is 9.70. The Labute approximate surface area is 342 Å². The topological polar surface area (TPSA) is 16.4 Å². The predicted molar refractivity (Wildman–Crippen MR) is 249 cm³/mol. The molecule has 1 aromatic heterocycles. The molecule has 0 bridgehead atoms. The molecule has 0 saturated heterocycles. The van der Waals surface area contributed by atoms with Crippen LogP contribution < -0.4 is 4.90 Å². The lowest BCUT2D eigenvalue weighted by molar-refractivity contribution is 0.668. The van der Waals surface area contributed by atoms with Crippen LogP contribution in [0.15, 0.2) is 211 Å². The maximum atomic E-state index is 6.77. The Morgan fingerprint density at radius 1 is 0.356 bits per heavy atom. The summed E-state index contributed by atoms with van der Waals surface area (Å²) in [6.07, 6.45) is 0. The maximum Gasteiger partial charge on any atom is 0.159 e. The molecule has 1 aliphatic rings. The molecule has 1 aliphatic carbocycles. The van der Waals surface area contributed by atoms with Crippen molar-refractivity contribution in [1.82, 2.24) is 0 Å². The third-order valence-electron chi connectivity index (χ3n) is 12.3. The number of hydrogen-bond donors (Lipinski definition) is 0. The van der Waals surface area contributed by atoms with Gasteiger partial charge in [-0.1, -0.05) is 164 Å². The molecule has 11 aromatic rings. The summed E-state index contributed by atoms with van der Waals surface area (Å²) in [7, 11) is 0. The highest BCUT2D eigenvalue weighted by Crippen LogP contribution is 2.60. The molecule has 10 aromatic carbocycles. The van der Waals surface area contributed by atoms with E-state index in [9.17, 15) is 0 Å². The van der Waals surface area contributed by atoms with Gasteiger partial charge in [-0.2, -0.15) is 0 Å². The Hall–Kier alpha value is -7.68. The SMILES string of the molecule is Cc1ccc2c(oc3ccccc32)c1N(c1cccc(-c2ccccc2)c1)c1ccc2cc3c(cc2c1)-c1c-3c(-c2ccccc2)c2ccccc2c1-c1ccccc1. The van der Waals surface area contributed by atoms with E-state index < -0.39 is 0 Å². The van der Waals surface area contributed by atoms with Crippen molar-refractivity contribution in [1.29, 1.82) is 0 Å². The predicted octanol–water partition coefficient (Wildman–Crippen LogP) is 16.3. The van der Waals surface area contributed by atoms with Crippen LogP contribution in [0.4, 0.5) is 17.1 Å². The first kappa shape index (κ1) is 33.5. The van der Waals surface area contributed by atoms with E-state index in [0.29, 0.717) is 0 Å². The third-order valence-corrected chi connectivity index (χ3v) is 12.3. The molecule has 0 aliphatic heterocycles. The van der Waals surface area contributed by atoms with Crippen LogP contribution in [0.25, 0.3) is 99.1 Å². The summed E-state index contributed by atoms with van der Waals surface area (Å²) in [4.78, 5) is 2.40. The summed E-state index contributed by atoms with van der Waals surface area (Å²) >= 11 is 0. The summed E-state index contributed by atoms with van der Waals surface area (Å²) in [5, 5.41) is 7.19. The van der Waals surface area contributed by atoms with Gasteiger partial charge in [0, 0.05) is 22.1 Å². The van der Waals surface area contributed by atoms with Gasteiger partial charge < -0.3 is 9.32 Å². The van der Waals surface area contributed by atoms with Gasteiger partial charge in [-0.15, -0.1) is 0 Å². The van der Waals surface area contributed by atoms with E-state index in [1.807, 2.05) is 6.07 Å². The number of fused-ring (bicyclic) bond motifs is 9. The Balaban J connectivity index is 1.10. The van der Waals surface area contributed by atoms with Gasteiger partial charge in [-0.25, -0.2) is 0 Å². The molecule has 0 amide bonds. The fourth-order valence-electron chi connectivity index (χ4n) is 9.58. The van der Waals surface area contributed by atoms with Gasteiger partial charge in [0.1, 0.15) is 5.58 Å². The largest absolute Gasteiger partial charge is 0.454 e. The molecule has 0 N–H and O–H groups in total. The highest BCUT2D eigenvalue weighted by Gasteiger charge is 2.33. The van der Waals surface area contributed by atoms with Crippen molar-refractivity contribution in [2.75, 3.05) is 4.90 Å². The zero-order valence-corrected chi connectivity index (χ0v) is 32.5. The van der Waals surface area contributed by atoms with Crippen LogP contribution in [0, 0.1) is 6.92 Å². The average Bonchev–Trinajstić information content (AvgIpc) is 3.68. The van der Waals surface area contributed by atoms with E-state index in [2.05, 4.69) is 212 Å².